The summed E-state index contributed by atoms with van der Waals surface area (Å²) >= 11 is 0.808. The number of alkyl halides is 3. The van der Waals surface area contributed by atoms with E-state index in [0.29, 0.717) is 12.2 Å². The zero-order chi connectivity index (χ0) is 11.8. The van der Waals surface area contributed by atoms with Crippen molar-refractivity contribution >= 4 is 11.3 Å². The van der Waals surface area contributed by atoms with Crippen molar-refractivity contribution in [1.82, 2.24) is 10.3 Å². The number of hydrogen-bond donors (Lipinski definition) is 1. The predicted molar refractivity (Wildman–Crippen MR) is 56.7 cm³/mol. The maximum Gasteiger partial charge on any atom is 0.443 e. The highest BCUT2D eigenvalue weighted by atomic mass is 32.1. The molecule has 1 aromatic rings. The smallest absolute Gasteiger partial charge is 0.319 e. The van der Waals surface area contributed by atoms with E-state index in [1.165, 1.54) is 0 Å². The molecule has 0 spiro atoms. The number of aromatic nitrogens is 1. The van der Waals surface area contributed by atoms with Gasteiger partial charge in [0.1, 0.15) is 0 Å². The second-order valence-electron chi connectivity index (χ2n) is 3.97. The SMILES string of the molecule is CNCC1CCCc2sc(C(F)(F)F)nc21. The normalized spacial score (nSPS) is 20.9. The van der Waals surface area contributed by atoms with Gasteiger partial charge in [-0.3, -0.25) is 0 Å². The number of nitrogens with one attached hydrogen (secondary N) is 1. The van der Waals surface area contributed by atoms with E-state index in [0.717, 1.165) is 35.5 Å². The molecule has 1 aliphatic carbocycles. The van der Waals surface area contributed by atoms with E-state index in [9.17, 15) is 13.2 Å². The maximum absolute atomic E-state index is 12.5. The van der Waals surface area contributed by atoms with Gasteiger partial charge in [-0.2, -0.15) is 13.2 Å². The largest absolute Gasteiger partial charge is 0.443 e. The Morgan fingerprint density at radius 1 is 1.50 bits per heavy atom. The van der Waals surface area contributed by atoms with Crippen LogP contribution in [0.1, 0.15) is 34.3 Å². The molecule has 1 aliphatic rings. The van der Waals surface area contributed by atoms with E-state index in [4.69, 9.17) is 0 Å². The Hall–Kier alpha value is -0.620. The minimum atomic E-state index is -4.30. The van der Waals surface area contributed by atoms with Crippen LogP contribution < -0.4 is 5.32 Å². The molecule has 2 rings (SSSR count). The second kappa shape index (κ2) is 4.33. The number of halogens is 3. The van der Waals surface area contributed by atoms with E-state index in [-0.39, 0.29) is 5.92 Å². The number of aryl methyl sites for hydroxylation is 1. The Morgan fingerprint density at radius 3 is 2.88 bits per heavy atom. The summed E-state index contributed by atoms with van der Waals surface area (Å²) in [5.41, 5.74) is 0.665. The van der Waals surface area contributed by atoms with Crippen molar-refractivity contribution in [3.05, 3.63) is 15.6 Å². The molecule has 16 heavy (non-hydrogen) atoms. The van der Waals surface area contributed by atoms with Crippen LogP contribution >= 0.6 is 11.3 Å². The van der Waals surface area contributed by atoms with Crippen LogP contribution in [0, 0.1) is 0 Å². The van der Waals surface area contributed by atoms with Gasteiger partial charge in [0.15, 0.2) is 5.01 Å². The standard InChI is InChI=1S/C10H13F3N2S/c1-14-5-6-3-2-4-7-8(6)15-9(16-7)10(11,12)13/h6,14H,2-5H2,1H3. The first-order chi connectivity index (χ1) is 7.52. The number of rotatable bonds is 2. The summed E-state index contributed by atoms with van der Waals surface area (Å²) < 4.78 is 37.6. The third kappa shape index (κ3) is 2.22. The third-order valence-electron chi connectivity index (χ3n) is 2.76. The quantitative estimate of drug-likeness (QED) is 0.873. The average Bonchev–Trinajstić information content (AvgIpc) is 2.62. The van der Waals surface area contributed by atoms with E-state index in [1.807, 2.05) is 7.05 Å². The fourth-order valence-corrected chi connectivity index (χ4v) is 3.13. The van der Waals surface area contributed by atoms with Crippen molar-refractivity contribution in [3.63, 3.8) is 0 Å². The lowest BCUT2D eigenvalue weighted by Crippen LogP contribution is -2.21. The van der Waals surface area contributed by atoms with Crippen LogP contribution in [0.4, 0.5) is 13.2 Å². The minimum absolute atomic E-state index is 0.140. The van der Waals surface area contributed by atoms with Gasteiger partial charge in [0, 0.05) is 17.3 Å². The second-order valence-corrected chi connectivity index (χ2v) is 5.06. The Labute approximate surface area is 95.9 Å². The zero-order valence-electron chi connectivity index (χ0n) is 8.90. The minimum Gasteiger partial charge on any atom is -0.319 e. The molecule has 1 aromatic heterocycles. The van der Waals surface area contributed by atoms with Gasteiger partial charge in [-0.05, 0) is 26.3 Å². The van der Waals surface area contributed by atoms with Crippen LogP contribution in [0.25, 0.3) is 0 Å². The number of likely N-dealkylation sites (N-methyl/N-ethyl adjacent to an activating group) is 1. The molecule has 90 valence electrons. The van der Waals surface area contributed by atoms with Crippen LogP contribution in [0.3, 0.4) is 0 Å². The average molecular weight is 250 g/mol. The molecular formula is C10H13F3N2S. The highest BCUT2D eigenvalue weighted by Crippen LogP contribution is 2.40. The summed E-state index contributed by atoms with van der Waals surface area (Å²) in [6.07, 6.45) is -1.68. The lowest BCUT2D eigenvalue weighted by atomic mass is 9.91. The molecule has 0 bridgehead atoms. The topological polar surface area (TPSA) is 24.9 Å². The molecule has 0 aliphatic heterocycles. The number of thiazole rings is 1. The van der Waals surface area contributed by atoms with Crippen LogP contribution in [0.15, 0.2) is 0 Å². The summed E-state index contributed by atoms with van der Waals surface area (Å²) in [6, 6.07) is 0. The summed E-state index contributed by atoms with van der Waals surface area (Å²) in [7, 11) is 1.81. The summed E-state index contributed by atoms with van der Waals surface area (Å²) in [5.74, 6) is 0.140. The first-order valence-corrected chi connectivity index (χ1v) is 6.05. The fraction of sp³-hybridized carbons (Fsp3) is 0.700. The van der Waals surface area contributed by atoms with Gasteiger partial charge in [-0.1, -0.05) is 0 Å². The lowest BCUT2D eigenvalue weighted by Gasteiger charge is -2.20. The van der Waals surface area contributed by atoms with Gasteiger partial charge in [-0.15, -0.1) is 11.3 Å². The highest BCUT2D eigenvalue weighted by molar-refractivity contribution is 7.11. The van der Waals surface area contributed by atoms with Crippen LogP contribution in [0.2, 0.25) is 0 Å². The van der Waals surface area contributed by atoms with Gasteiger partial charge in [0.05, 0.1) is 5.69 Å². The van der Waals surface area contributed by atoms with E-state index >= 15 is 0 Å². The van der Waals surface area contributed by atoms with Gasteiger partial charge in [0.25, 0.3) is 0 Å². The maximum atomic E-state index is 12.5. The molecule has 6 heteroatoms. The van der Waals surface area contributed by atoms with Gasteiger partial charge in [0.2, 0.25) is 0 Å². The highest BCUT2D eigenvalue weighted by Gasteiger charge is 2.37. The molecule has 0 fully saturated rings. The van der Waals surface area contributed by atoms with Crippen molar-refractivity contribution in [1.29, 1.82) is 0 Å². The first-order valence-electron chi connectivity index (χ1n) is 5.23. The molecule has 0 radical (unpaired) electrons. The van der Waals surface area contributed by atoms with Gasteiger partial charge < -0.3 is 5.32 Å². The summed E-state index contributed by atoms with van der Waals surface area (Å²) in [4.78, 5) is 4.59. The van der Waals surface area contributed by atoms with Gasteiger partial charge >= 0.3 is 6.18 Å². The van der Waals surface area contributed by atoms with Crippen LogP contribution in [-0.2, 0) is 12.6 Å². The van der Waals surface area contributed by atoms with Gasteiger partial charge in [-0.25, -0.2) is 4.98 Å². The number of nitrogens with zero attached hydrogens (tertiary/aromatic N) is 1. The third-order valence-corrected chi connectivity index (χ3v) is 3.94. The van der Waals surface area contributed by atoms with Crippen molar-refractivity contribution < 1.29 is 13.2 Å². The van der Waals surface area contributed by atoms with E-state index in [1.54, 1.807) is 0 Å². The molecule has 2 nitrogen and oxygen atoms in total. The molecule has 1 atom stereocenters. The molecule has 1 unspecified atom stereocenters. The molecule has 0 amide bonds. The molecule has 0 aromatic carbocycles. The molecule has 0 saturated heterocycles. The number of fused-ring (bicyclic) bond motifs is 1. The van der Waals surface area contributed by atoms with Crippen LogP contribution in [-0.4, -0.2) is 18.6 Å². The van der Waals surface area contributed by atoms with E-state index in [2.05, 4.69) is 10.3 Å². The monoisotopic (exact) mass is 250 g/mol. The van der Waals surface area contributed by atoms with Crippen molar-refractivity contribution in [3.8, 4) is 0 Å². The molecule has 1 heterocycles. The number of hydrogen-bond acceptors (Lipinski definition) is 3. The Bertz CT molecular complexity index is 373. The zero-order valence-corrected chi connectivity index (χ0v) is 9.71. The molecule has 1 N–H and O–H groups in total. The Kier molecular flexibility index (Phi) is 3.21. The Balaban J connectivity index is 2.31. The molecule has 0 saturated carbocycles. The summed E-state index contributed by atoms with van der Waals surface area (Å²) in [6.45, 7) is 0.702. The van der Waals surface area contributed by atoms with Crippen LogP contribution in [0.5, 0.6) is 0 Å². The predicted octanol–water partition coefficient (Wildman–Crippen LogP) is 2.80. The van der Waals surface area contributed by atoms with Crippen molar-refractivity contribution in [2.24, 2.45) is 0 Å². The Morgan fingerprint density at radius 2 is 2.25 bits per heavy atom. The van der Waals surface area contributed by atoms with E-state index < -0.39 is 11.2 Å². The van der Waals surface area contributed by atoms with Crippen molar-refractivity contribution in [2.45, 2.75) is 31.4 Å². The molecular weight excluding hydrogens is 237 g/mol. The fourth-order valence-electron chi connectivity index (χ4n) is 2.07. The first kappa shape index (κ1) is 11.9. The lowest BCUT2D eigenvalue weighted by molar-refractivity contribution is -0.137. The summed E-state index contributed by atoms with van der Waals surface area (Å²) in [5, 5.41) is 2.32. The van der Waals surface area contributed by atoms with Crippen molar-refractivity contribution in [2.75, 3.05) is 13.6 Å².